The van der Waals surface area contributed by atoms with Crippen molar-refractivity contribution in [1.29, 1.82) is 0 Å². The van der Waals surface area contributed by atoms with Gasteiger partial charge in [0.05, 0.1) is 6.61 Å². The lowest BCUT2D eigenvalue weighted by Gasteiger charge is -2.37. The maximum absolute atomic E-state index is 6.06. The Balaban J connectivity index is 1.20. The average Bonchev–Trinajstić information content (AvgIpc) is 2.88. The highest BCUT2D eigenvalue weighted by Gasteiger charge is 2.19. The number of fused-ring (bicyclic) bond motifs is 1. The van der Waals surface area contributed by atoms with E-state index in [1.54, 1.807) is 0 Å². The number of unbranched alkanes of at least 4 members (excludes halogenated alkanes) is 1. The Labute approximate surface area is 216 Å². The number of allylic oxidation sites excluding steroid dienone is 3. The first-order valence-electron chi connectivity index (χ1n) is 13.2. The van der Waals surface area contributed by atoms with Crippen LogP contribution in [0.2, 0.25) is 0 Å². The van der Waals surface area contributed by atoms with Crippen molar-refractivity contribution in [2.75, 3.05) is 50.0 Å². The van der Waals surface area contributed by atoms with Gasteiger partial charge in [-0.25, -0.2) is 0 Å². The minimum Gasteiger partial charge on any atom is -0.494 e. The minimum absolute atomic E-state index is 0.782. The molecule has 35 heavy (non-hydrogen) atoms. The van der Waals surface area contributed by atoms with Crippen LogP contribution < -0.4 is 9.64 Å². The second-order valence-electron chi connectivity index (χ2n) is 9.45. The van der Waals surface area contributed by atoms with Crippen molar-refractivity contribution in [3.8, 4) is 5.75 Å². The summed E-state index contributed by atoms with van der Waals surface area (Å²) in [6, 6.07) is 13.2. The van der Waals surface area contributed by atoms with E-state index in [2.05, 4.69) is 90.9 Å². The number of ether oxygens (including phenoxy) is 1. The smallest absolute Gasteiger partial charge is 0.119 e. The summed E-state index contributed by atoms with van der Waals surface area (Å²) < 4.78 is 6.06. The molecule has 4 rings (SSSR count). The lowest BCUT2D eigenvalue weighted by molar-refractivity contribution is 0.238. The summed E-state index contributed by atoms with van der Waals surface area (Å²) in [6.45, 7) is 14.8. The van der Waals surface area contributed by atoms with Crippen LogP contribution in [0.5, 0.6) is 5.75 Å². The SMILES string of the molecule is C=C1C=Cc2ccc(OCCCCN3CCN(c4cccc(SCCC)c4C=CC)CC3)cc2C1. The lowest BCUT2D eigenvalue weighted by Crippen LogP contribution is -2.46. The molecule has 1 aliphatic heterocycles. The molecule has 0 bridgehead atoms. The molecule has 1 aliphatic carbocycles. The maximum Gasteiger partial charge on any atom is 0.119 e. The number of thioether (sulfide) groups is 1. The Kier molecular flexibility index (Phi) is 9.56. The average molecular weight is 489 g/mol. The van der Waals surface area contributed by atoms with Gasteiger partial charge in [0, 0.05) is 42.3 Å². The van der Waals surface area contributed by atoms with Gasteiger partial charge in [0.1, 0.15) is 5.75 Å². The van der Waals surface area contributed by atoms with Gasteiger partial charge >= 0.3 is 0 Å². The number of nitrogens with zero attached hydrogens (tertiary/aromatic N) is 2. The van der Waals surface area contributed by atoms with Crippen LogP contribution in [-0.2, 0) is 6.42 Å². The standard InChI is InChI=1S/C31H40N2OS/c1-4-9-29-30(10-8-11-31(29)35-22-5-2)33-19-17-32(18-20-33)16-6-7-21-34-28-15-14-26-13-12-25(3)23-27(26)24-28/h4,8-15,24H,3,5-7,16-23H2,1-2H3. The van der Waals surface area contributed by atoms with Gasteiger partial charge in [-0.05, 0) is 80.3 Å². The zero-order chi connectivity index (χ0) is 24.5. The van der Waals surface area contributed by atoms with Crippen LogP contribution >= 0.6 is 11.8 Å². The van der Waals surface area contributed by atoms with Crippen molar-refractivity contribution < 1.29 is 4.74 Å². The highest BCUT2D eigenvalue weighted by atomic mass is 32.2. The molecule has 1 saturated heterocycles. The highest BCUT2D eigenvalue weighted by Crippen LogP contribution is 2.33. The normalized spacial score (nSPS) is 16.2. The van der Waals surface area contributed by atoms with Gasteiger partial charge in [-0.1, -0.05) is 55.5 Å². The van der Waals surface area contributed by atoms with E-state index in [4.69, 9.17) is 4.74 Å². The van der Waals surface area contributed by atoms with E-state index in [0.29, 0.717) is 0 Å². The zero-order valence-corrected chi connectivity index (χ0v) is 22.3. The Morgan fingerprint density at radius 1 is 1.06 bits per heavy atom. The van der Waals surface area contributed by atoms with E-state index in [1.807, 2.05) is 11.8 Å². The largest absolute Gasteiger partial charge is 0.494 e. The zero-order valence-electron chi connectivity index (χ0n) is 21.5. The Bertz CT molecular complexity index is 1050. The molecule has 0 radical (unpaired) electrons. The van der Waals surface area contributed by atoms with Crippen molar-refractivity contribution in [2.24, 2.45) is 0 Å². The fourth-order valence-electron chi connectivity index (χ4n) is 4.82. The van der Waals surface area contributed by atoms with Gasteiger partial charge in [-0.15, -0.1) is 11.8 Å². The van der Waals surface area contributed by atoms with Crippen LogP contribution in [-0.4, -0.2) is 50.0 Å². The van der Waals surface area contributed by atoms with E-state index in [9.17, 15) is 0 Å². The van der Waals surface area contributed by atoms with Crippen molar-refractivity contribution in [3.63, 3.8) is 0 Å². The van der Waals surface area contributed by atoms with E-state index in [1.165, 1.54) is 45.9 Å². The number of hydrogen-bond acceptors (Lipinski definition) is 4. The third kappa shape index (κ3) is 7.05. The Hall–Kier alpha value is -2.43. The first kappa shape index (κ1) is 25.7. The summed E-state index contributed by atoms with van der Waals surface area (Å²) in [7, 11) is 0. The molecule has 2 aromatic carbocycles. The van der Waals surface area contributed by atoms with Crippen molar-refractivity contribution in [3.05, 3.63) is 77.4 Å². The molecule has 1 fully saturated rings. The van der Waals surface area contributed by atoms with E-state index < -0.39 is 0 Å². The van der Waals surface area contributed by atoms with Gasteiger partial charge in [-0.3, -0.25) is 4.90 Å². The van der Waals surface area contributed by atoms with Crippen LogP contribution in [0.25, 0.3) is 12.2 Å². The monoisotopic (exact) mass is 488 g/mol. The van der Waals surface area contributed by atoms with Gasteiger partial charge < -0.3 is 9.64 Å². The van der Waals surface area contributed by atoms with Crippen LogP contribution in [0.1, 0.15) is 49.8 Å². The summed E-state index contributed by atoms with van der Waals surface area (Å²) in [5.74, 6) is 2.15. The summed E-state index contributed by atoms with van der Waals surface area (Å²) in [6.07, 6.45) is 13.1. The molecule has 2 aromatic rings. The number of benzene rings is 2. The molecule has 0 aromatic heterocycles. The second-order valence-corrected chi connectivity index (χ2v) is 10.6. The molecule has 0 N–H and O–H groups in total. The van der Waals surface area contributed by atoms with Gasteiger partial charge in [0.2, 0.25) is 0 Å². The summed E-state index contributed by atoms with van der Waals surface area (Å²) in [5, 5.41) is 0. The molecular formula is C31H40N2OS. The fourth-order valence-corrected chi connectivity index (χ4v) is 5.75. The number of anilines is 1. The maximum atomic E-state index is 6.06. The van der Waals surface area contributed by atoms with Crippen LogP contribution in [0.3, 0.4) is 0 Å². The third-order valence-electron chi connectivity index (χ3n) is 6.72. The molecule has 0 saturated carbocycles. The van der Waals surface area contributed by atoms with Crippen LogP contribution in [0, 0.1) is 0 Å². The molecule has 0 unspecified atom stereocenters. The molecular weight excluding hydrogens is 448 g/mol. The van der Waals surface area contributed by atoms with E-state index in [0.717, 1.165) is 63.5 Å². The van der Waals surface area contributed by atoms with E-state index >= 15 is 0 Å². The topological polar surface area (TPSA) is 15.7 Å². The molecule has 0 spiro atoms. The van der Waals surface area contributed by atoms with Crippen LogP contribution in [0.4, 0.5) is 5.69 Å². The third-order valence-corrected chi connectivity index (χ3v) is 8.00. The fraction of sp³-hybridized carbons (Fsp3) is 0.419. The summed E-state index contributed by atoms with van der Waals surface area (Å²) in [5.41, 5.74) is 6.55. The van der Waals surface area contributed by atoms with Crippen molar-refractivity contribution in [1.82, 2.24) is 4.90 Å². The number of piperazine rings is 1. The predicted octanol–water partition coefficient (Wildman–Crippen LogP) is 7.33. The quantitative estimate of drug-likeness (QED) is 0.243. The molecule has 4 heteroatoms. The first-order valence-corrected chi connectivity index (χ1v) is 14.1. The van der Waals surface area contributed by atoms with Gasteiger partial charge in [0.25, 0.3) is 0 Å². The van der Waals surface area contributed by atoms with Crippen molar-refractivity contribution in [2.45, 2.75) is 44.4 Å². The minimum atomic E-state index is 0.782. The highest BCUT2D eigenvalue weighted by molar-refractivity contribution is 7.99. The van der Waals surface area contributed by atoms with Gasteiger partial charge in [-0.2, -0.15) is 0 Å². The van der Waals surface area contributed by atoms with Gasteiger partial charge in [0.15, 0.2) is 0 Å². The van der Waals surface area contributed by atoms with E-state index in [-0.39, 0.29) is 0 Å². The predicted molar refractivity (Wildman–Crippen MR) is 154 cm³/mol. The first-order chi connectivity index (χ1) is 17.2. The molecule has 3 nitrogen and oxygen atoms in total. The van der Waals surface area contributed by atoms with Crippen LogP contribution in [0.15, 0.2) is 65.6 Å². The van der Waals surface area contributed by atoms with Crippen molar-refractivity contribution >= 4 is 29.6 Å². The number of hydrogen-bond donors (Lipinski definition) is 0. The Morgan fingerprint density at radius 2 is 1.91 bits per heavy atom. The molecule has 186 valence electrons. The molecule has 0 amide bonds. The molecule has 2 aliphatic rings. The lowest BCUT2D eigenvalue weighted by atomic mass is 9.94. The Morgan fingerprint density at radius 3 is 2.71 bits per heavy atom. The molecule has 1 heterocycles. The summed E-state index contributed by atoms with van der Waals surface area (Å²) >= 11 is 1.98. The number of rotatable bonds is 11. The second kappa shape index (κ2) is 13.0. The summed E-state index contributed by atoms with van der Waals surface area (Å²) in [4.78, 5) is 6.59. The molecule has 0 atom stereocenters.